The van der Waals surface area contributed by atoms with E-state index < -0.39 is 17.2 Å². The Morgan fingerprint density at radius 3 is 2.17 bits per heavy atom. The molecule has 0 unspecified atom stereocenters. The van der Waals surface area contributed by atoms with Crippen molar-refractivity contribution in [2.24, 2.45) is 4.99 Å². The first-order chi connectivity index (χ1) is 20.3. The van der Waals surface area contributed by atoms with Crippen LogP contribution in [0.2, 0.25) is 0 Å². The van der Waals surface area contributed by atoms with Crippen LogP contribution in [0.15, 0.2) is 77.8 Å². The van der Waals surface area contributed by atoms with E-state index in [0.717, 1.165) is 11.3 Å². The maximum Gasteiger partial charge on any atom is 0.338 e. The fourth-order valence-electron chi connectivity index (χ4n) is 4.15. The Morgan fingerprint density at radius 1 is 0.905 bits per heavy atom. The lowest BCUT2D eigenvalue weighted by atomic mass is 10.1. The standard InChI is InChI=1S/C31H31N3O7S/c1-4-41-30(38)22-9-13-24(14-10-22)33-31-34(18-17-20-5-15-25(39-2)16-6-20)28(36)26(42-31)19-27(35)32-23-11-7-21(8-12-23)29(37)40-3/h5-16,26H,4,17-19H2,1-3H3,(H,32,35)/t26-/m0/s1. The van der Waals surface area contributed by atoms with Crippen molar-refractivity contribution in [2.75, 3.05) is 32.7 Å². The predicted molar refractivity (Wildman–Crippen MR) is 160 cm³/mol. The molecule has 2 amide bonds. The number of hydrogen-bond acceptors (Lipinski definition) is 9. The van der Waals surface area contributed by atoms with Crippen LogP contribution in [0.1, 0.15) is 39.6 Å². The molecule has 1 aliphatic heterocycles. The Labute approximate surface area is 248 Å². The van der Waals surface area contributed by atoms with E-state index in [1.807, 2.05) is 24.3 Å². The third-order valence-electron chi connectivity index (χ3n) is 6.37. The summed E-state index contributed by atoms with van der Waals surface area (Å²) in [6, 6.07) is 20.5. The Bertz CT molecular complexity index is 1460. The second-order valence-corrected chi connectivity index (χ2v) is 10.3. The van der Waals surface area contributed by atoms with Gasteiger partial charge in [-0.3, -0.25) is 14.5 Å². The minimum atomic E-state index is -0.673. The van der Waals surface area contributed by atoms with Crippen molar-refractivity contribution in [2.45, 2.75) is 25.0 Å². The highest BCUT2D eigenvalue weighted by molar-refractivity contribution is 8.15. The van der Waals surface area contributed by atoms with E-state index in [1.54, 1.807) is 67.5 Å². The van der Waals surface area contributed by atoms with Crippen LogP contribution in [0.3, 0.4) is 0 Å². The van der Waals surface area contributed by atoms with E-state index in [4.69, 9.17) is 14.2 Å². The number of carbonyl (C=O) groups is 4. The Balaban J connectivity index is 1.49. The lowest BCUT2D eigenvalue weighted by molar-refractivity contribution is -0.128. The van der Waals surface area contributed by atoms with Gasteiger partial charge in [-0.25, -0.2) is 14.6 Å². The molecule has 1 saturated heterocycles. The molecule has 1 atom stereocenters. The molecule has 218 valence electrons. The fourth-order valence-corrected chi connectivity index (χ4v) is 5.33. The summed E-state index contributed by atoms with van der Waals surface area (Å²) in [5.41, 5.74) is 2.84. The summed E-state index contributed by atoms with van der Waals surface area (Å²) in [5.74, 6) is -0.716. The molecule has 1 heterocycles. The number of ether oxygens (including phenoxy) is 3. The number of amidine groups is 1. The number of anilines is 1. The van der Waals surface area contributed by atoms with E-state index in [0.29, 0.717) is 40.6 Å². The molecule has 3 aromatic rings. The quantitative estimate of drug-likeness (QED) is 0.315. The van der Waals surface area contributed by atoms with E-state index in [2.05, 4.69) is 10.3 Å². The van der Waals surface area contributed by atoms with Crippen LogP contribution in [-0.4, -0.2) is 66.4 Å². The first kappa shape index (κ1) is 30.3. The molecule has 0 radical (unpaired) electrons. The van der Waals surface area contributed by atoms with Gasteiger partial charge in [0.1, 0.15) is 11.0 Å². The summed E-state index contributed by atoms with van der Waals surface area (Å²) in [4.78, 5) is 56.3. The summed E-state index contributed by atoms with van der Waals surface area (Å²) in [7, 11) is 2.90. The lowest BCUT2D eigenvalue weighted by Gasteiger charge is -2.17. The van der Waals surface area contributed by atoms with Gasteiger partial charge in [-0.1, -0.05) is 23.9 Å². The average molecular weight is 590 g/mol. The van der Waals surface area contributed by atoms with Crippen molar-refractivity contribution in [3.8, 4) is 5.75 Å². The highest BCUT2D eigenvalue weighted by atomic mass is 32.2. The number of esters is 2. The minimum absolute atomic E-state index is 0.0674. The number of aliphatic imine (C=N–C) groups is 1. The number of nitrogens with zero attached hydrogens (tertiary/aromatic N) is 2. The summed E-state index contributed by atoms with van der Waals surface area (Å²) >= 11 is 1.22. The molecule has 0 saturated carbocycles. The van der Waals surface area contributed by atoms with Crippen LogP contribution in [-0.2, 0) is 25.5 Å². The molecular weight excluding hydrogens is 558 g/mol. The molecular formula is C31H31N3O7S. The highest BCUT2D eigenvalue weighted by Gasteiger charge is 2.39. The molecule has 0 aromatic heterocycles. The third kappa shape index (κ3) is 7.76. The van der Waals surface area contributed by atoms with Crippen molar-refractivity contribution in [3.05, 3.63) is 89.5 Å². The second-order valence-electron chi connectivity index (χ2n) is 9.18. The van der Waals surface area contributed by atoms with Gasteiger partial charge in [-0.15, -0.1) is 0 Å². The van der Waals surface area contributed by atoms with Gasteiger partial charge in [0.05, 0.1) is 37.6 Å². The van der Waals surface area contributed by atoms with Crippen LogP contribution in [0, 0.1) is 0 Å². The molecule has 11 heteroatoms. The zero-order valence-electron chi connectivity index (χ0n) is 23.5. The summed E-state index contributed by atoms with van der Waals surface area (Å²) < 4.78 is 15.0. The molecule has 3 aromatic carbocycles. The molecule has 42 heavy (non-hydrogen) atoms. The smallest absolute Gasteiger partial charge is 0.338 e. The topological polar surface area (TPSA) is 124 Å². The van der Waals surface area contributed by atoms with Crippen LogP contribution >= 0.6 is 11.8 Å². The second kappa shape index (κ2) is 14.3. The van der Waals surface area contributed by atoms with E-state index in [9.17, 15) is 19.2 Å². The number of benzene rings is 3. The number of hydrogen-bond donors (Lipinski definition) is 1. The Kier molecular flexibility index (Phi) is 10.3. The fraction of sp³-hybridized carbons (Fsp3) is 0.258. The van der Waals surface area contributed by atoms with Gasteiger partial charge in [0.25, 0.3) is 0 Å². The van der Waals surface area contributed by atoms with Crippen molar-refractivity contribution in [1.82, 2.24) is 4.90 Å². The van der Waals surface area contributed by atoms with E-state index in [-0.39, 0.29) is 24.8 Å². The van der Waals surface area contributed by atoms with Crippen LogP contribution < -0.4 is 10.1 Å². The van der Waals surface area contributed by atoms with E-state index in [1.165, 1.54) is 18.9 Å². The molecule has 1 fully saturated rings. The highest BCUT2D eigenvalue weighted by Crippen LogP contribution is 2.32. The average Bonchev–Trinajstić information content (AvgIpc) is 3.29. The zero-order valence-corrected chi connectivity index (χ0v) is 24.3. The number of rotatable bonds is 11. The van der Waals surface area contributed by atoms with Gasteiger partial charge in [0, 0.05) is 18.7 Å². The number of nitrogens with one attached hydrogen (secondary N) is 1. The van der Waals surface area contributed by atoms with Gasteiger partial charge in [0.15, 0.2) is 5.17 Å². The van der Waals surface area contributed by atoms with Crippen molar-refractivity contribution < 1.29 is 33.4 Å². The van der Waals surface area contributed by atoms with Crippen LogP contribution in [0.5, 0.6) is 5.75 Å². The first-order valence-electron chi connectivity index (χ1n) is 13.3. The number of thioether (sulfide) groups is 1. The zero-order chi connectivity index (χ0) is 30.1. The normalized spacial score (nSPS) is 15.4. The molecule has 0 spiro atoms. The number of methoxy groups -OCH3 is 2. The van der Waals surface area contributed by atoms with Crippen molar-refractivity contribution >= 4 is 52.1 Å². The maximum absolute atomic E-state index is 13.5. The van der Waals surface area contributed by atoms with Gasteiger partial charge in [-0.2, -0.15) is 0 Å². The van der Waals surface area contributed by atoms with Gasteiger partial charge in [-0.05, 0) is 79.6 Å². The van der Waals surface area contributed by atoms with Crippen LogP contribution in [0.25, 0.3) is 0 Å². The van der Waals surface area contributed by atoms with Gasteiger partial charge in [0.2, 0.25) is 11.8 Å². The Hall–Kier alpha value is -4.64. The third-order valence-corrected chi connectivity index (χ3v) is 7.54. The van der Waals surface area contributed by atoms with Gasteiger partial charge < -0.3 is 19.5 Å². The molecule has 10 nitrogen and oxygen atoms in total. The summed E-state index contributed by atoms with van der Waals surface area (Å²) in [6.07, 6.45) is 0.505. The van der Waals surface area contributed by atoms with Crippen LogP contribution in [0.4, 0.5) is 11.4 Å². The molecule has 1 N–H and O–H groups in total. The monoisotopic (exact) mass is 589 g/mol. The Morgan fingerprint density at radius 2 is 1.55 bits per heavy atom. The molecule has 0 bridgehead atoms. The molecule has 1 aliphatic rings. The summed E-state index contributed by atoms with van der Waals surface area (Å²) in [5, 5.41) is 2.57. The van der Waals surface area contributed by atoms with E-state index >= 15 is 0 Å². The van der Waals surface area contributed by atoms with Gasteiger partial charge >= 0.3 is 11.9 Å². The first-order valence-corrected chi connectivity index (χ1v) is 14.1. The lowest BCUT2D eigenvalue weighted by Crippen LogP contribution is -2.35. The molecule has 4 rings (SSSR count). The molecule has 0 aliphatic carbocycles. The number of amides is 2. The maximum atomic E-state index is 13.5. The predicted octanol–water partition coefficient (Wildman–Crippen LogP) is 4.86. The largest absolute Gasteiger partial charge is 0.497 e. The summed E-state index contributed by atoms with van der Waals surface area (Å²) in [6.45, 7) is 2.38. The SMILES string of the molecule is CCOC(=O)c1ccc(N=C2S[C@@H](CC(=O)Nc3ccc(C(=O)OC)cc3)C(=O)N2CCc2ccc(OC)cc2)cc1. The minimum Gasteiger partial charge on any atom is -0.497 e. The number of carbonyl (C=O) groups excluding carboxylic acids is 4. The van der Waals surface area contributed by atoms with Crippen molar-refractivity contribution in [1.29, 1.82) is 0 Å². The van der Waals surface area contributed by atoms with Crippen molar-refractivity contribution in [3.63, 3.8) is 0 Å².